The van der Waals surface area contributed by atoms with Gasteiger partial charge in [-0.3, -0.25) is 0 Å². The SMILES string of the molecule is Cc1cc2nc(CCN)[nH]c2cc1C. The summed E-state index contributed by atoms with van der Waals surface area (Å²) >= 11 is 0. The van der Waals surface area contributed by atoms with Crippen LogP contribution in [0, 0.1) is 13.8 Å². The number of rotatable bonds is 2. The lowest BCUT2D eigenvalue weighted by Gasteiger charge is -1.97. The molecule has 0 spiro atoms. The van der Waals surface area contributed by atoms with E-state index in [9.17, 15) is 0 Å². The van der Waals surface area contributed by atoms with Crippen molar-refractivity contribution in [3.8, 4) is 0 Å². The molecule has 14 heavy (non-hydrogen) atoms. The standard InChI is InChI=1S/C11H15N3/c1-7-5-9-10(6-8(7)2)14-11(13-9)3-4-12/h5-6H,3-4,12H2,1-2H3,(H,13,14). The van der Waals surface area contributed by atoms with Gasteiger partial charge in [0.2, 0.25) is 0 Å². The van der Waals surface area contributed by atoms with Gasteiger partial charge in [-0.15, -0.1) is 0 Å². The molecular formula is C11H15N3. The number of nitrogens with zero attached hydrogens (tertiary/aromatic N) is 1. The van der Waals surface area contributed by atoms with Gasteiger partial charge in [0.05, 0.1) is 11.0 Å². The third kappa shape index (κ3) is 1.51. The van der Waals surface area contributed by atoms with Crippen molar-refractivity contribution in [2.45, 2.75) is 20.3 Å². The largest absolute Gasteiger partial charge is 0.342 e. The van der Waals surface area contributed by atoms with Gasteiger partial charge in [-0.2, -0.15) is 0 Å². The Labute approximate surface area is 83.3 Å². The van der Waals surface area contributed by atoms with E-state index in [1.807, 2.05) is 0 Å². The van der Waals surface area contributed by atoms with Crippen LogP contribution in [0.5, 0.6) is 0 Å². The van der Waals surface area contributed by atoms with Crippen molar-refractivity contribution < 1.29 is 0 Å². The fourth-order valence-electron chi connectivity index (χ4n) is 1.58. The molecule has 3 nitrogen and oxygen atoms in total. The van der Waals surface area contributed by atoms with Crippen LogP contribution in [0.25, 0.3) is 11.0 Å². The zero-order chi connectivity index (χ0) is 10.1. The van der Waals surface area contributed by atoms with Crippen molar-refractivity contribution >= 4 is 11.0 Å². The van der Waals surface area contributed by atoms with Crippen LogP contribution in [-0.2, 0) is 6.42 Å². The number of aryl methyl sites for hydroxylation is 2. The molecule has 0 aliphatic carbocycles. The molecule has 0 amide bonds. The highest BCUT2D eigenvalue weighted by Crippen LogP contribution is 2.17. The van der Waals surface area contributed by atoms with E-state index in [1.165, 1.54) is 11.1 Å². The fraction of sp³-hybridized carbons (Fsp3) is 0.364. The molecule has 74 valence electrons. The van der Waals surface area contributed by atoms with Crippen LogP contribution in [0.3, 0.4) is 0 Å². The van der Waals surface area contributed by atoms with Gasteiger partial charge in [-0.1, -0.05) is 0 Å². The molecule has 0 saturated carbocycles. The summed E-state index contributed by atoms with van der Waals surface area (Å²) in [5, 5.41) is 0. The summed E-state index contributed by atoms with van der Waals surface area (Å²) in [5.41, 5.74) is 10.2. The summed E-state index contributed by atoms with van der Waals surface area (Å²) in [6.07, 6.45) is 0.812. The molecule has 0 saturated heterocycles. The van der Waals surface area contributed by atoms with Gasteiger partial charge in [-0.05, 0) is 43.7 Å². The van der Waals surface area contributed by atoms with Crippen LogP contribution in [0.4, 0.5) is 0 Å². The van der Waals surface area contributed by atoms with Crippen molar-refractivity contribution in [1.29, 1.82) is 0 Å². The Morgan fingerprint density at radius 3 is 2.71 bits per heavy atom. The van der Waals surface area contributed by atoms with Crippen LogP contribution in [0.1, 0.15) is 17.0 Å². The van der Waals surface area contributed by atoms with Crippen LogP contribution < -0.4 is 5.73 Å². The average Bonchev–Trinajstić information content (AvgIpc) is 2.48. The zero-order valence-corrected chi connectivity index (χ0v) is 8.59. The van der Waals surface area contributed by atoms with E-state index in [0.29, 0.717) is 6.54 Å². The molecule has 0 aliphatic heterocycles. The second-order valence-corrected chi connectivity index (χ2v) is 3.68. The topological polar surface area (TPSA) is 54.7 Å². The Kier molecular flexibility index (Phi) is 2.25. The molecule has 2 rings (SSSR count). The van der Waals surface area contributed by atoms with E-state index in [4.69, 9.17) is 5.73 Å². The molecule has 1 heterocycles. The first-order valence-corrected chi connectivity index (χ1v) is 4.86. The van der Waals surface area contributed by atoms with E-state index in [0.717, 1.165) is 23.3 Å². The highest BCUT2D eigenvalue weighted by atomic mass is 14.9. The number of aromatic nitrogens is 2. The predicted octanol–water partition coefficient (Wildman–Crippen LogP) is 1.68. The summed E-state index contributed by atoms with van der Waals surface area (Å²) in [6, 6.07) is 4.25. The molecule has 0 radical (unpaired) electrons. The van der Waals surface area contributed by atoms with E-state index in [2.05, 4.69) is 35.9 Å². The third-order valence-electron chi connectivity index (χ3n) is 2.53. The first kappa shape index (κ1) is 9.21. The average molecular weight is 189 g/mol. The first-order chi connectivity index (χ1) is 6.70. The number of nitrogens with one attached hydrogen (secondary N) is 1. The van der Waals surface area contributed by atoms with Crippen molar-refractivity contribution in [3.63, 3.8) is 0 Å². The molecule has 0 fully saturated rings. The summed E-state index contributed by atoms with van der Waals surface area (Å²) in [6.45, 7) is 4.85. The van der Waals surface area contributed by atoms with E-state index < -0.39 is 0 Å². The molecule has 2 aromatic rings. The van der Waals surface area contributed by atoms with Crippen molar-refractivity contribution in [1.82, 2.24) is 9.97 Å². The summed E-state index contributed by atoms with van der Waals surface area (Å²) in [4.78, 5) is 7.74. The number of aromatic amines is 1. The summed E-state index contributed by atoms with van der Waals surface area (Å²) in [7, 11) is 0. The van der Waals surface area contributed by atoms with Crippen LogP contribution in [-0.4, -0.2) is 16.5 Å². The molecule has 1 aromatic carbocycles. The Hall–Kier alpha value is -1.35. The number of fused-ring (bicyclic) bond motifs is 1. The van der Waals surface area contributed by atoms with Gasteiger partial charge in [0.25, 0.3) is 0 Å². The summed E-state index contributed by atoms with van der Waals surface area (Å²) in [5.74, 6) is 0.979. The Morgan fingerprint density at radius 1 is 1.29 bits per heavy atom. The minimum absolute atomic E-state index is 0.637. The molecule has 0 unspecified atom stereocenters. The maximum absolute atomic E-state index is 5.48. The minimum Gasteiger partial charge on any atom is -0.342 e. The second kappa shape index (κ2) is 3.42. The monoisotopic (exact) mass is 189 g/mol. The highest BCUT2D eigenvalue weighted by Gasteiger charge is 2.03. The Bertz CT molecular complexity index is 418. The number of hydrogen-bond acceptors (Lipinski definition) is 2. The maximum atomic E-state index is 5.48. The van der Waals surface area contributed by atoms with Crippen molar-refractivity contribution in [3.05, 3.63) is 29.1 Å². The van der Waals surface area contributed by atoms with Gasteiger partial charge < -0.3 is 10.7 Å². The van der Waals surface area contributed by atoms with Crippen LogP contribution in [0.2, 0.25) is 0 Å². The number of hydrogen-bond donors (Lipinski definition) is 2. The zero-order valence-electron chi connectivity index (χ0n) is 8.59. The van der Waals surface area contributed by atoms with Gasteiger partial charge >= 0.3 is 0 Å². The molecule has 0 aliphatic rings. The molecule has 3 N–H and O–H groups in total. The first-order valence-electron chi connectivity index (χ1n) is 4.86. The van der Waals surface area contributed by atoms with Gasteiger partial charge in [0.15, 0.2) is 0 Å². The quantitative estimate of drug-likeness (QED) is 0.755. The Balaban J connectivity index is 2.54. The number of nitrogens with two attached hydrogens (primary N) is 1. The number of imidazole rings is 1. The molecule has 0 bridgehead atoms. The maximum Gasteiger partial charge on any atom is 0.108 e. The van der Waals surface area contributed by atoms with Gasteiger partial charge in [-0.25, -0.2) is 4.98 Å². The molecule has 3 heteroatoms. The lowest BCUT2D eigenvalue weighted by molar-refractivity contribution is 0.900. The normalized spacial score (nSPS) is 11.1. The lowest BCUT2D eigenvalue weighted by atomic mass is 10.1. The third-order valence-corrected chi connectivity index (χ3v) is 2.53. The number of H-pyrrole nitrogens is 1. The predicted molar refractivity (Wildman–Crippen MR) is 58.3 cm³/mol. The molecular weight excluding hydrogens is 174 g/mol. The second-order valence-electron chi connectivity index (χ2n) is 3.68. The fourth-order valence-corrected chi connectivity index (χ4v) is 1.58. The van der Waals surface area contributed by atoms with E-state index in [-0.39, 0.29) is 0 Å². The Morgan fingerprint density at radius 2 is 2.00 bits per heavy atom. The van der Waals surface area contributed by atoms with Crippen molar-refractivity contribution in [2.75, 3.05) is 6.54 Å². The number of benzene rings is 1. The van der Waals surface area contributed by atoms with Crippen LogP contribution >= 0.6 is 0 Å². The van der Waals surface area contributed by atoms with E-state index >= 15 is 0 Å². The van der Waals surface area contributed by atoms with Gasteiger partial charge in [0, 0.05) is 6.42 Å². The van der Waals surface area contributed by atoms with Crippen LogP contribution in [0.15, 0.2) is 12.1 Å². The lowest BCUT2D eigenvalue weighted by Crippen LogP contribution is -2.03. The molecule has 0 atom stereocenters. The van der Waals surface area contributed by atoms with Crippen molar-refractivity contribution in [2.24, 2.45) is 5.73 Å². The highest BCUT2D eigenvalue weighted by molar-refractivity contribution is 5.77. The van der Waals surface area contributed by atoms with E-state index in [1.54, 1.807) is 0 Å². The molecule has 1 aromatic heterocycles. The van der Waals surface area contributed by atoms with Gasteiger partial charge in [0.1, 0.15) is 5.82 Å². The summed E-state index contributed by atoms with van der Waals surface area (Å²) < 4.78 is 0. The minimum atomic E-state index is 0.637. The smallest absolute Gasteiger partial charge is 0.108 e.